The van der Waals surface area contributed by atoms with Gasteiger partial charge in [0.15, 0.2) is 0 Å². The molecule has 0 heterocycles. The van der Waals surface area contributed by atoms with Crippen LogP contribution < -0.4 is 16.2 Å². The standard InChI is InChI=1S/C19H29N3O5/c1-12-8-10-13(11-9-12)14(20-16(24)26-18(2,3)4)15(23)21-22-17(25)27-19(5,6)7/h8-11,14H,1-7H3,(H,20,24)(H,21,23)(H,22,25)/t14-/m0/s1. The number of hydrogen-bond acceptors (Lipinski definition) is 5. The number of hydrazine groups is 1. The van der Waals surface area contributed by atoms with Gasteiger partial charge in [0.05, 0.1) is 0 Å². The van der Waals surface area contributed by atoms with Crippen LogP contribution in [0.2, 0.25) is 0 Å². The summed E-state index contributed by atoms with van der Waals surface area (Å²) in [5, 5.41) is 2.52. The molecule has 0 aliphatic heterocycles. The lowest BCUT2D eigenvalue weighted by Gasteiger charge is -2.24. The lowest BCUT2D eigenvalue weighted by atomic mass is 10.0. The van der Waals surface area contributed by atoms with Crippen molar-refractivity contribution in [3.8, 4) is 0 Å². The van der Waals surface area contributed by atoms with E-state index in [4.69, 9.17) is 9.47 Å². The fraction of sp³-hybridized carbons (Fsp3) is 0.526. The molecule has 3 amide bonds. The number of aryl methyl sites for hydroxylation is 1. The van der Waals surface area contributed by atoms with Crippen molar-refractivity contribution < 1.29 is 23.9 Å². The minimum absolute atomic E-state index is 0.537. The molecule has 0 bridgehead atoms. The van der Waals surface area contributed by atoms with Crippen LogP contribution in [-0.4, -0.2) is 29.3 Å². The maximum absolute atomic E-state index is 12.5. The van der Waals surface area contributed by atoms with Gasteiger partial charge in [-0.1, -0.05) is 29.8 Å². The molecule has 0 unspecified atom stereocenters. The molecule has 3 N–H and O–H groups in total. The first-order valence-electron chi connectivity index (χ1n) is 8.62. The highest BCUT2D eigenvalue weighted by Crippen LogP contribution is 2.16. The van der Waals surface area contributed by atoms with Gasteiger partial charge in [-0.15, -0.1) is 0 Å². The van der Waals surface area contributed by atoms with E-state index in [0.717, 1.165) is 5.56 Å². The normalized spacial score (nSPS) is 12.6. The van der Waals surface area contributed by atoms with Crippen LogP contribution in [0.15, 0.2) is 24.3 Å². The van der Waals surface area contributed by atoms with Crippen molar-refractivity contribution in [3.05, 3.63) is 35.4 Å². The van der Waals surface area contributed by atoms with Gasteiger partial charge in [0.1, 0.15) is 17.2 Å². The summed E-state index contributed by atoms with van der Waals surface area (Å²) in [5.74, 6) is -0.643. The van der Waals surface area contributed by atoms with E-state index in [1.54, 1.807) is 53.7 Å². The zero-order valence-electron chi connectivity index (χ0n) is 16.9. The molecule has 0 saturated heterocycles. The second-order valence-electron chi connectivity index (χ2n) is 8.11. The van der Waals surface area contributed by atoms with Crippen molar-refractivity contribution in [1.29, 1.82) is 0 Å². The Morgan fingerprint density at radius 3 is 1.78 bits per heavy atom. The van der Waals surface area contributed by atoms with Crippen molar-refractivity contribution in [1.82, 2.24) is 16.2 Å². The molecule has 0 aromatic heterocycles. The maximum atomic E-state index is 12.5. The van der Waals surface area contributed by atoms with Crippen LogP contribution in [0.1, 0.15) is 58.7 Å². The Morgan fingerprint density at radius 1 is 0.815 bits per heavy atom. The van der Waals surface area contributed by atoms with Gasteiger partial charge in [0, 0.05) is 0 Å². The predicted octanol–water partition coefficient (Wildman–Crippen LogP) is 3.12. The Bertz CT molecular complexity index is 672. The molecule has 27 heavy (non-hydrogen) atoms. The third kappa shape index (κ3) is 8.94. The molecule has 1 aromatic rings. The predicted molar refractivity (Wildman–Crippen MR) is 101 cm³/mol. The SMILES string of the molecule is Cc1ccc([C@H](NC(=O)OC(C)(C)C)C(=O)NNC(=O)OC(C)(C)C)cc1. The van der Waals surface area contributed by atoms with Crippen LogP contribution in [0.4, 0.5) is 9.59 Å². The van der Waals surface area contributed by atoms with E-state index in [0.29, 0.717) is 5.56 Å². The molecule has 0 aliphatic rings. The summed E-state index contributed by atoms with van der Waals surface area (Å²) in [6.07, 6.45) is -1.56. The molecule has 8 heteroatoms. The van der Waals surface area contributed by atoms with E-state index in [1.165, 1.54) is 0 Å². The Balaban J connectivity index is 2.87. The zero-order chi connectivity index (χ0) is 20.8. The van der Waals surface area contributed by atoms with E-state index in [-0.39, 0.29) is 0 Å². The van der Waals surface area contributed by atoms with Crippen molar-refractivity contribution in [2.75, 3.05) is 0 Å². The Hall–Kier alpha value is -2.77. The lowest BCUT2D eigenvalue weighted by Crippen LogP contribution is -2.49. The van der Waals surface area contributed by atoms with Crippen molar-refractivity contribution >= 4 is 18.1 Å². The number of carbonyl (C=O) groups excluding carboxylic acids is 3. The minimum atomic E-state index is -1.06. The molecular weight excluding hydrogens is 350 g/mol. The summed E-state index contributed by atoms with van der Waals surface area (Å²) in [7, 11) is 0. The Morgan fingerprint density at radius 2 is 1.30 bits per heavy atom. The Labute approximate surface area is 160 Å². The summed E-state index contributed by atoms with van der Waals surface area (Å²) < 4.78 is 10.3. The number of amides is 3. The second kappa shape index (κ2) is 8.75. The monoisotopic (exact) mass is 379 g/mol. The van der Waals surface area contributed by atoms with Gasteiger partial charge in [-0.05, 0) is 54.0 Å². The third-order valence-electron chi connectivity index (χ3n) is 3.02. The first-order valence-corrected chi connectivity index (χ1v) is 8.62. The van der Waals surface area contributed by atoms with Crippen LogP contribution >= 0.6 is 0 Å². The van der Waals surface area contributed by atoms with Gasteiger partial charge in [-0.25, -0.2) is 15.0 Å². The minimum Gasteiger partial charge on any atom is -0.444 e. The van der Waals surface area contributed by atoms with Gasteiger partial charge < -0.3 is 14.8 Å². The van der Waals surface area contributed by atoms with Crippen molar-refractivity contribution in [2.24, 2.45) is 0 Å². The molecule has 8 nitrogen and oxygen atoms in total. The number of benzene rings is 1. The topological polar surface area (TPSA) is 106 Å². The van der Waals surface area contributed by atoms with E-state index >= 15 is 0 Å². The van der Waals surface area contributed by atoms with Crippen LogP contribution in [0, 0.1) is 6.92 Å². The van der Waals surface area contributed by atoms with E-state index in [9.17, 15) is 14.4 Å². The van der Waals surface area contributed by atoms with Crippen LogP contribution in [0.5, 0.6) is 0 Å². The third-order valence-corrected chi connectivity index (χ3v) is 3.02. The van der Waals surface area contributed by atoms with Crippen LogP contribution in [-0.2, 0) is 14.3 Å². The van der Waals surface area contributed by atoms with Gasteiger partial charge >= 0.3 is 12.2 Å². The van der Waals surface area contributed by atoms with Crippen LogP contribution in [0.3, 0.4) is 0 Å². The van der Waals surface area contributed by atoms with E-state index in [2.05, 4.69) is 16.2 Å². The fourth-order valence-corrected chi connectivity index (χ4v) is 1.97. The quantitative estimate of drug-likeness (QED) is 0.700. The molecule has 1 aromatic carbocycles. The van der Waals surface area contributed by atoms with Gasteiger partial charge in [-0.3, -0.25) is 10.2 Å². The molecule has 0 aliphatic carbocycles. The molecular formula is C19H29N3O5. The molecule has 0 saturated carbocycles. The highest BCUT2D eigenvalue weighted by molar-refractivity contribution is 5.88. The number of hydrogen-bond donors (Lipinski definition) is 3. The smallest absolute Gasteiger partial charge is 0.426 e. The van der Waals surface area contributed by atoms with Gasteiger partial charge in [0.2, 0.25) is 0 Å². The maximum Gasteiger partial charge on any atom is 0.426 e. The fourth-order valence-electron chi connectivity index (χ4n) is 1.97. The summed E-state index contributed by atoms with van der Waals surface area (Å²) in [4.78, 5) is 36.4. The summed E-state index contributed by atoms with van der Waals surface area (Å²) >= 11 is 0. The number of rotatable bonds is 3. The highest BCUT2D eigenvalue weighted by atomic mass is 16.6. The highest BCUT2D eigenvalue weighted by Gasteiger charge is 2.26. The molecule has 1 rings (SSSR count). The van der Waals surface area contributed by atoms with Crippen LogP contribution in [0.25, 0.3) is 0 Å². The number of nitrogens with one attached hydrogen (secondary N) is 3. The molecule has 150 valence electrons. The summed E-state index contributed by atoms with van der Waals surface area (Å²) in [6.45, 7) is 12.2. The number of alkyl carbamates (subject to hydrolysis) is 1. The average molecular weight is 379 g/mol. The van der Waals surface area contributed by atoms with Crippen molar-refractivity contribution in [3.63, 3.8) is 0 Å². The summed E-state index contributed by atoms with van der Waals surface area (Å²) in [6, 6.07) is 5.99. The molecule has 0 radical (unpaired) electrons. The van der Waals surface area contributed by atoms with Crippen molar-refractivity contribution in [2.45, 2.75) is 65.7 Å². The second-order valence-corrected chi connectivity index (χ2v) is 8.11. The Kier molecular flexibility index (Phi) is 7.21. The molecule has 0 spiro atoms. The van der Waals surface area contributed by atoms with Gasteiger partial charge in [-0.2, -0.15) is 0 Å². The first kappa shape index (κ1) is 22.3. The number of ether oxygens (including phenoxy) is 2. The zero-order valence-corrected chi connectivity index (χ0v) is 16.9. The molecule has 0 fully saturated rings. The van der Waals surface area contributed by atoms with E-state index < -0.39 is 35.3 Å². The largest absolute Gasteiger partial charge is 0.444 e. The summed E-state index contributed by atoms with van der Waals surface area (Å²) in [5.41, 5.74) is 4.54. The van der Waals surface area contributed by atoms with Gasteiger partial charge in [0.25, 0.3) is 5.91 Å². The van der Waals surface area contributed by atoms with E-state index in [1.807, 2.05) is 19.1 Å². The molecule has 1 atom stereocenters. The number of carbonyl (C=O) groups is 3. The average Bonchev–Trinajstić information content (AvgIpc) is 2.48. The first-order chi connectivity index (χ1) is 12.3. The lowest BCUT2D eigenvalue weighted by molar-refractivity contribution is -0.124.